The number of pyridine rings is 1. The highest BCUT2D eigenvalue weighted by Crippen LogP contribution is 2.30. The summed E-state index contributed by atoms with van der Waals surface area (Å²) >= 11 is 0. The average Bonchev–Trinajstić information content (AvgIpc) is 3.34. The largest absolute Gasteiger partial charge is 0.487 e. The van der Waals surface area contributed by atoms with Gasteiger partial charge in [-0.15, -0.1) is 0 Å². The molecule has 1 aliphatic rings. The summed E-state index contributed by atoms with van der Waals surface area (Å²) < 4.78 is 54.8. The van der Waals surface area contributed by atoms with Crippen LogP contribution in [0.4, 0.5) is 14.6 Å². The highest BCUT2D eigenvalue weighted by Gasteiger charge is 2.25. The molecule has 0 saturated carbocycles. The highest BCUT2D eigenvalue weighted by molar-refractivity contribution is 5.97. The molecule has 2 amide bonds. The zero-order chi connectivity index (χ0) is 30.7. The molecule has 1 aliphatic heterocycles. The number of nitrogens with zero attached hydrogens (tertiary/aromatic N) is 4. The zero-order valence-corrected chi connectivity index (χ0v) is 23.2. The van der Waals surface area contributed by atoms with E-state index in [-0.39, 0.29) is 47.4 Å². The molecule has 1 saturated heterocycles. The van der Waals surface area contributed by atoms with Gasteiger partial charge in [-0.05, 0) is 38.1 Å². The van der Waals surface area contributed by atoms with Gasteiger partial charge in [0, 0.05) is 43.5 Å². The molecule has 3 aromatic heterocycles. The molecule has 4 aromatic rings. The highest BCUT2D eigenvalue weighted by atomic mass is 19.1. The fourth-order valence-corrected chi connectivity index (χ4v) is 4.76. The van der Waals surface area contributed by atoms with E-state index in [1.165, 1.54) is 17.5 Å². The summed E-state index contributed by atoms with van der Waals surface area (Å²) in [6.07, 6.45) is 2.25. The number of amides is 2. The Hall–Kier alpha value is -4.65. The lowest BCUT2D eigenvalue weighted by atomic mass is 10.1. The standard InChI is InChI=1S/C29H30F2N6O5/c1-15-9-20(7-8-41-15)42-27-18(10-19(30)11-23(27)31)13-32-28(39)22-12-21(16(2)33-29(22)40-4)24-5-6-26-35-25(34-17(3)38)14-37(26)36-24/h5-6,10-12,14-15,20H,7-9,13H2,1-4H3,(H,32,39)(H,34,38)/i4D. The Labute approximate surface area is 241 Å². The van der Waals surface area contributed by atoms with Crippen molar-refractivity contribution < 1.29 is 34.0 Å². The number of rotatable bonds is 8. The molecule has 2 unspecified atom stereocenters. The van der Waals surface area contributed by atoms with Crippen molar-refractivity contribution in [2.24, 2.45) is 0 Å². The molecule has 0 aliphatic carbocycles. The van der Waals surface area contributed by atoms with Crippen LogP contribution in [-0.4, -0.2) is 57.3 Å². The summed E-state index contributed by atoms with van der Waals surface area (Å²) in [7, 11) is -0.492. The van der Waals surface area contributed by atoms with Gasteiger partial charge in [-0.2, -0.15) is 5.10 Å². The number of imidazole rings is 1. The molecular formula is C29H30F2N6O5. The number of benzene rings is 1. The van der Waals surface area contributed by atoms with Crippen LogP contribution in [0.3, 0.4) is 0 Å². The normalized spacial score (nSPS) is 17.0. The van der Waals surface area contributed by atoms with E-state index in [0.29, 0.717) is 47.9 Å². The molecule has 2 atom stereocenters. The van der Waals surface area contributed by atoms with Gasteiger partial charge in [0.1, 0.15) is 17.5 Å². The minimum absolute atomic E-state index is 0.00286. The third kappa shape index (κ3) is 6.30. The van der Waals surface area contributed by atoms with Crippen LogP contribution in [0.1, 0.15) is 49.7 Å². The fraction of sp³-hybridized carbons (Fsp3) is 0.345. The molecule has 0 bridgehead atoms. The van der Waals surface area contributed by atoms with Crippen molar-refractivity contribution in [1.29, 1.82) is 0 Å². The van der Waals surface area contributed by atoms with E-state index in [9.17, 15) is 18.4 Å². The summed E-state index contributed by atoms with van der Waals surface area (Å²) in [6, 6.07) is 6.76. The maximum absolute atomic E-state index is 14.8. The van der Waals surface area contributed by atoms with Crippen LogP contribution in [0.2, 0.25) is 0 Å². The third-order valence-corrected chi connectivity index (χ3v) is 6.71. The monoisotopic (exact) mass is 581 g/mol. The van der Waals surface area contributed by atoms with E-state index in [0.717, 1.165) is 12.1 Å². The van der Waals surface area contributed by atoms with E-state index in [1.54, 1.807) is 25.3 Å². The molecule has 11 nitrogen and oxygen atoms in total. The van der Waals surface area contributed by atoms with Crippen LogP contribution in [0.25, 0.3) is 16.9 Å². The number of ether oxygens (including phenoxy) is 3. The summed E-state index contributed by atoms with van der Waals surface area (Å²) in [5.74, 6) is -2.50. The van der Waals surface area contributed by atoms with Crippen LogP contribution < -0.4 is 20.1 Å². The number of anilines is 1. The lowest BCUT2D eigenvalue weighted by Gasteiger charge is -2.28. The number of halogens is 2. The summed E-state index contributed by atoms with van der Waals surface area (Å²) in [4.78, 5) is 33.5. The van der Waals surface area contributed by atoms with E-state index >= 15 is 0 Å². The van der Waals surface area contributed by atoms with Crippen molar-refractivity contribution in [2.45, 2.75) is 52.4 Å². The molecule has 220 valence electrons. The van der Waals surface area contributed by atoms with Gasteiger partial charge in [0.15, 0.2) is 23.0 Å². The van der Waals surface area contributed by atoms with E-state index in [1.807, 2.05) is 6.92 Å². The van der Waals surface area contributed by atoms with Crippen molar-refractivity contribution >= 4 is 23.3 Å². The van der Waals surface area contributed by atoms with Gasteiger partial charge in [0.25, 0.3) is 5.91 Å². The number of aryl methyl sites for hydroxylation is 1. The number of nitrogens with one attached hydrogen (secondary N) is 2. The molecule has 1 aromatic carbocycles. The Morgan fingerprint density at radius 3 is 2.83 bits per heavy atom. The number of carbonyl (C=O) groups excluding carboxylic acids is 2. The van der Waals surface area contributed by atoms with Crippen LogP contribution in [0.5, 0.6) is 11.6 Å². The Morgan fingerprint density at radius 2 is 2.07 bits per heavy atom. The van der Waals surface area contributed by atoms with Crippen LogP contribution in [-0.2, 0) is 16.1 Å². The first-order chi connectivity index (χ1) is 20.6. The van der Waals surface area contributed by atoms with E-state index in [2.05, 4.69) is 25.7 Å². The van der Waals surface area contributed by atoms with E-state index in [4.69, 9.17) is 15.6 Å². The molecule has 5 rings (SSSR count). The second-order valence-electron chi connectivity index (χ2n) is 9.95. The van der Waals surface area contributed by atoms with Gasteiger partial charge in [0.2, 0.25) is 11.8 Å². The first-order valence-corrected chi connectivity index (χ1v) is 13.2. The number of carbonyl (C=O) groups is 2. The fourth-order valence-electron chi connectivity index (χ4n) is 4.76. The molecule has 0 radical (unpaired) electrons. The Balaban J connectivity index is 1.42. The van der Waals surface area contributed by atoms with Gasteiger partial charge in [0.05, 0.1) is 38.8 Å². The van der Waals surface area contributed by atoms with Crippen LogP contribution >= 0.6 is 0 Å². The first-order valence-electron chi connectivity index (χ1n) is 13.9. The van der Waals surface area contributed by atoms with Gasteiger partial charge in [-0.3, -0.25) is 9.59 Å². The maximum Gasteiger partial charge on any atom is 0.257 e. The van der Waals surface area contributed by atoms with Crippen molar-refractivity contribution in [1.82, 2.24) is 24.9 Å². The maximum atomic E-state index is 14.8. The molecule has 0 spiro atoms. The molecule has 13 heteroatoms. The lowest BCUT2D eigenvalue weighted by Crippen LogP contribution is -2.32. The topological polar surface area (TPSA) is 129 Å². The predicted molar refractivity (Wildman–Crippen MR) is 148 cm³/mol. The van der Waals surface area contributed by atoms with Crippen LogP contribution in [0.15, 0.2) is 36.5 Å². The predicted octanol–water partition coefficient (Wildman–Crippen LogP) is 4.22. The molecular weight excluding hydrogens is 550 g/mol. The van der Waals surface area contributed by atoms with Gasteiger partial charge >= 0.3 is 0 Å². The second kappa shape index (κ2) is 12.1. The molecule has 1 fully saturated rings. The third-order valence-electron chi connectivity index (χ3n) is 6.71. The Morgan fingerprint density at radius 1 is 1.24 bits per heavy atom. The number of hydrogen-bond acceptors (Lipinski definition) is 8. The average molecular weight is 582 g/mol. The Bertz CT molecular complexity index is 1680. The van der Waals surface area contributed by atoms with Gasteiger partial charge in [-0.25, -0.2) is 23.3 Å². The smallest absolute Gasteiger partial charge is 0.257 e. The molecule has 2 N–H and O–H groups in total. The molecule has 42 heavy (non-hydrogen) atoms. The lowest BCUT2D eigenvalue weighted by molar-refractivity contribution is -0.114. The second-order valence-corrected chi connectivity index (χ2v) is 9.95. The summed E-state index contributed by atoms with van der Waals surface area (Å²) in [6.45, 7) is 5.17. The Kier molecular flexibility index (Phi) is 7.91. The number of methoxy groups -OCH3 is 1. The van der Waals surface area contributed by atoms with Crippen molar-refractivity contribution in [3.8, 4) is 22.9 Å². The summed E-state index contributed by atoms with van der Waals surface area (Å²) in [5.41, 5.74) is 2.02. The summed E-state index contributed by atoms with van der Waals surface area (Å²) in [5, 5.41) is 9.81. The minimum atomic E-state index is -0.872. The molecule has 4 heterocycles. The van der Waals surface area contributed by atoms with E-state index < -0.39 is 24.6 Å². The quantitative estimate of drug-likeness (QED) is 0.317. The van der Waals surface area contributed by atoms with Crippen LogP contribution in [0, 0.1) is 18.6 Å². The van der Waals surface area contributed by atoms with Crippen molar-refractivity contribution in [2.75, 3.05) is 19.0 Å². The number of fused-ring (bicyclic) bond motifs is 1. The first kappa shape index (κ1) is 27.5. The van der Waals surface area contributed by atoms with Crippen molar-refractivity contribution in [3.63, 3.8) is 0 Å². The van der Waals surface area contributed by atoms with Crippen molar-refractivity contribution in [3.05, 3.63) is 65.0 Å². The van der Waals surface area contributed by atoms with Gasteiger partial charge < -0.3 is 24.8 Å². The number of hydrogen-bond donors (Lipinski definition) is 2. The minimum Gasteiger partial charge on any atom is -0.487 e. The van der Waals surface area contributed by atoms with Gasteiger partial charge in [-0.1, -0.05) is 0 Å². The zero-order valence-electron chi connectivity index (χ0n) is 24.2. The number of aromatic nitrogens is 4. The SMILES string of the molecule is [2H]COc1nc(C)c(-c2ccc3nc(NC(C)=O)cn3n2)cc1C(=O)NCc1cc(F)cc(F)c1OC1CCOC(C)C1.